The van der Waals surface area contributed by atoms with Crippen LogP contribution in [0.5, 0.6) is 5.75 Å². The van der Waals surface area contributed by atoms with Crippen LogP contribution < -0.4 is 15.4 Å². The molecule has 2 rings (SSSR count). The molecule has 0 aromatic carbocycles. The standard InChI is InChI=1S/C12H21N5O/c1-13-11-10(18-3)12(15-8-14-11)16-9-5-4-6-17(2)7-9/h8-9H,4-7H2,1-3H3,(H2,13,14,15,16). The van der Waals surface area contributed by atoms with Gasteiger partial charge in [-0.2, -0.15) is 0 Å². The lowest BCUT2D eigenvalue weighted by Gasteiger charge is -2.30. The summed E-state index contributed by atoms with van der Waals surface area (Å²) in [4.78, 5) is 10.7. The molecule has 1 aliphatic heterocycles. The molecule has 1 fully saturated rings. The summed E-state index contributed by atoms with van der Waals surface area (Å²) in [5.41, 5.74) is 0. The van der Waals surface area contributed by atoms with Gasteiger partial charge in [0.15, 0.2) is 11.6 Å². The molecule has 100 valence electrons. The van der Waals surface area contributed by atoms with Crippen LogP contribution in [0.15, 0.2) is 6.33 Å². The molecule has 1 aliphatic rings. The van der Waals surface area contributed by atoms with Crippen LogP contribution in [0.2, 0.25) is 0 Å². The van der Waals surface area contributed by atoms with Gasteiger partial charge in [-0.1, -0.05) is 0 Å². The molecule has 6 heteroatoms. The van der Waals surface area contributed by atoms with Crippen molar-refractivity contribution >= 4 is 11.6 Å². The Morgan fingerprint density at radius 3 is 2.83 bits per heavy atom. The van der Waals surface area contributed by atoms with Crippen LogP contribution in [-0.4, -0.2) is 55.2 Å². The lowest BCUT2D eigenvalue weighted by atomic mass is 10.1. The first kappa shape index (κ1) is 12.9. The monoisotopic (exact) mass is 251 g/mol. The van der Waals surface area contributed by atoms with Crippen LogP contribution in [0.4, 0.5) is 11.6 Å². The van der Waals surface area contributed by atoms with Crippen LogP contribution in [0, 0.1) is 0 Å². The van der Waals surface area contributed by atoms with Crippen LogP contribution in [-0.2, 0) is 0 Å². The van der Waals surface area contributed by atoms with Gasteiger partial charge in [-0.25, -0.2) is 9.97 Å². The smallest absolute Gasteiger partial charge is 0.204 e. The Morgan fingerprint density at radius 2 is 2.17 bits per heavy atom. The maximum Gasteiger partial charge on any atom is 0.204 e. The summed E-state index contributed by atoms with van der Waals surface area (Å²) in [6, 6.07) is 0.414. The summed E-state index contributed by atoms with van der Waals surface area (Å²) >= 11 is 0. The second-order valence-corrected chi connectivity index (χ2v) is 4.60. The number of piperidine rings is 1. The molecule has 0 saturated carbocycles. The lowest BCUT2D eigenvalue weighted by molar-refractivity contribution is 0.260. The van der Waals surface area contributed by atoms with Gasteiger partial charge in [0.2, 0.25) is 5.75 Å². The Morgan fingerprint density at radius 1 is 1.39 bits per heavy atom. The molecule has 18 heavy (non-hydrogen) atoms. The van der Waals surface area contributed by atoms with Crippen LogP contribution in [0.25, 0.3) is 0 Å². The van der Waals surface area contributed by atoms with Crippen molar-refractivity contribution in [2.75, 3.05) is 44.9 Å². The molecule has 1 aromatic heterocycles. The number of likely N-dealkylation sites (N-methyl/N-ethyl adjacent to an activating group) is 1. The Balaban J connectivity index is 2.12. The van der Waals surface area contributed by atoms with Crippen molar-refractivity contribution < 1.29 is 4.74 Å². The summed E-state index contributed by atoms with van der Waals surface area (Å²) < 4.78 is 5.37. The SMILES string of the molecule is CNc1ncnc(NC2CCCN(C)C2)c1OC. The van der Waals surface area contributed by atoms with E-state index in [9.17, 15) is 0 Å². The third-order valence-corrected chi connectivity index (χ3v) is 3.21. The van der Waals surface area contributed by atoms with Crippen LogP contribution >= 0.6 is 0 Å². The first-order valence-electron chi connectivity index (χ1n) is 6.26. The maximum atomic E-state index is 5.37. The minimum atomic E-state index is 0.414. The third kappa shape index (κ3) is 2.81. The highest BCUT2D eigenvalue weighted by Crippen LogP contribution is 2.29. The van der Waals surface area contributed by atoms with Gasteiger partial charge in [0, 0.05) is 19.6 Å². The van der Waals surface area contributed by atoms with Crippen molar-refractivity contribution in [1.29, 1.82) is 0 Å². The number of likely N-dealkylation sites (tertiary alicyclic amines) is 1. The van der Waals surface area contributed by atoms with Gasteiger partial charge in [0.05, 0.1) is 7.11 Å². The van der Waals surface area contributed by atoms with E-state index in [1.165, 1.54) is 13.0 Å². The van der Waals surface area contributed by atoms with Crippen molar-refractivity contribution in [1.82, 2.24) is 14.9 Å². The first-order valence-corrected chi connectivity index (χ1v) is 6.26. The maximum absolute atomic E-state index is 5.37. The van der Waals surface area contributed by atoms with E-state index in [0.717, 1.165) is 18.8 Å². The summed E-state index contributed by atoms with van der Waals surface area (Å²) in [7, 11) is 5.60. The number of methoxy groups -OCH3 is 1. The van der Waals surface area contributed by atoms with E-state index in [2.05, 4.69) is 32.5 Å². The summed E-state index contributed by atoms with van der Waals surface area (Å²) in [5, 5.41) is 6.45. The van der Waals surface area contributed by atoms with E-state index in [4.69, 9.17) is 4.74 Å². The number of ether oxygens (including phenoxy) is 1. The summed E-state index contributed by atoms with van der Waals surface area (Å²) in [6.45, 7) is 2.20. The fourth-order valence-corrected chi connectivity index (χ4v) is 2.33. The zero-order valence-corrected chi connectivity index (χ0v) is 11.2. The van der Waals surface area contributed by atoms with Crippen molar-refractivity contribution in [2.45, 2.75) is 18.9 Å². The van der Waals surface area contributed by atoms with Gasteiger partial charge in [-0.3, -0.25) is 0 Å². The lowest BCUT2D eigenvalue weighted by Crippen LogP contribution is -2.40. The molecule has 0 spiro atoms. The molecule has 0 bridgehead atoms. The highest BCUT2D eigenvalue weighted by Gasteiger charge is 2.20. The number of rotatable bonds is 4. The van der Waals surface area contributed by atoms with Crippen molar-refractivity contribution in [2.24, 2.45) is 0 Å². The molecule has 1 unspecified atom stereocenters. The van der Waals surface area contributed by atoms with E-state index in [1.807, 2.05) is 7.05 Å². The second-order valence-electron chi connectivity index (χ2n) is 4.60. The highest BCUT2D eigenvalue weighted by atomic mass is 16.5. The number of aromatic nitrogens is 2. The molecule has 1 saturated heterocycles. The summed E-state index contributed by atoms with van der Waals surface area (Å²) in [5.74, 6) is 2.14. The van der Waals surface area contributed by atoms with Gasteiger partial charge >= 0.3 is 0 Å². The van der Waals surface area contributed by atoms with E-state index in [1.54, 1.807) is 13.4 Å². The minimum Gasteiger partial charge on any atom is -0.490 e. The molecule has 1 aromatic rings. The van der Waals surface area contributed by atoms with E-state index in [-0.39, 0.29) is 0 Å². The average Bonchev–Trinajstić information content (AvgIpc) is 2.38. The minimum absolute atomic E-state index is 0.414. The number of nitrogens with zero attached hydrogens (tertiary/aromatic N) is 3. The molecule has 0 radical (unpaired) electrons. The Hall–Kier alpha value is -1.56. The molecular formula is C12H21N5O. The largest absolute Gasteiger partial charge is 0.490 e. The fourth-order valence-electron chi connectivity index (χ4n) is 2.33. The molecular weight excluding hydrogens is 230 g/mol. The van der Waals surface area contributed by atoms with Gasteiger partial charge in [0.25, 0.3) is 0 Å². The zero-order valence-electron chi connectivity index (χ0n) is 11.2. The number of hydrogen-bond donors (Lipinski definition) is 2. The summed E-state index contributed by atoms with van der Waals surface area (Å²) in [6.07, 6.45) is 3.91. The van der Waals surface area contributed by atoms with Gasteiger partial charge < -0.3 is 20.3 Å². The average molecular weight is 251 g/mol. The normalized spacial score (nSPS) is 20.5. The van der Waals surface area contributed by atoms with Crippen molar-refractivity contribution in [3.8, 4) is 5.75 Å². The van der Waals surface area contributed by atoms with E-state index in [0.29, 0.717) is 17.6 Å². The van der Waals surface area contributed by atoms with Crippen molar-refractivity contribution in [3.63, 3.8) is 0 Å². The topological polar surface area (TPSA) is 62.3 Å². The Labute approximate surface area is 108 Å². The Kier molecular flexibility index (Phi) is 4.19. The van der Waals surface area contributed by atoms with E-state index < -0.39 is 0 Å². The van der Waals surface area contributed by atoms with Crippen molar-refractivity contribution in [3.05, 3.63) is 6.33 Å². The second kappa shape index (κ2) is 5.86. The Bertz CT molecular complexity index is 398. The third-order valence-electron chi connectivity index (χ3n) is 3.21. The predicted molar refractivity (Wildman–Crippen MR) is 72.3 cm³/mol. The molecule has 0 amide bonds. The zero-order chi connectivity index (χ0) is 13.0. The van der Waals surface area contributed by atoms with Gasteiger partial charge in [0.1, 0.15) is 6.33 Å². The molecule has 2 N–H and O–H groups in total. The molecule has 1 atom stereocenters. The van der Waals surface area contributed by atoms with Gasteiger partial charge in [-0.05, 0) is 26.4 Å². The van der Waals surface area contributed by atoms with Crippen LogP contribution in [0.3, 0.4) is 0 Å². The fraction of sp³-hybridized carbons (Fsp3) is 0.667. The van der Waals surface area contributed by atoms with Crippen LogP contribution in [0.1, 0.15) is 12.8 Å². The highest BCUT2D eigenvalue weighted by molar-refractivity contribution is 5.63. The quantitative estimate of drug-likeness (QED) is 0.833. The molecule has 0 aliphatic carbocycles. The number of hydrogen-bond acceptors (Lipinski definition) is 6. The molecule has 2 heterocycles. The van der Waals surface area contributed by atoms with Gasteiger partial charge in [-0.15, -0.1) is 0 Å². The number of anilines is 2. The first-order chi connectivity index (χ1) is 8.74. The number of nitrogens with one attached hydrogen (secondary N) is 2. The predicted octanol–water partition coefficient (Wildman–Crippen LogP) is 1.03. The van der Waals surface area contributed by atoms with E-state index >= 15 is 0 Å². The molecule has 6 nitrogen and oxygen atoms in total.